The summed E-state index contributed by atoms with van der Waals surface area (Å²) in [6, 6.07) is 14.2. The van der Waals surface area contributed by atoms with Crippen LogP contribution < -0.4 is 4.90 Å². The number of esters is 1. The fraction of sp³-hybridized carbons (Fsp3) is 0.318. The molecule has 0 aliphatic carbocycles. The minimum Gasteiger partial charge on any atom is -0.466 e. The molecule has 0 N–H and O–H groups in total. The van der Waals surface area contributed by atoms with E-state index in [4.69, 9.17) is 15.3 Å². The van der Waals surface area contributed by atoms with Crippen LogP contribution in [0.1, 0.15) is 30.2 Å². The number of rotatable bonds is 6. The molecule has 2 heterocycles. The Morgan fingerprint density at radius 3 is 2.86 bits per heavy atom. The predicted octanol–water partition coefficient (Wildman–Crippen LogP) is 4.55. The van der Waals surface area contributed by atoms with Gasteiger partial charge in [-0.15, -0.1) is 11.3 Å². The van der Waals surface area contributed by atoms with Gasteiger partial charge in [0.25, 0.3) is 0 Å². The summed E-state index contributed by atoms with van der Waals surface area (Å²) in [7, 11) is 0. The SMILES string of the molecule is CCOC(=O)CCN1CCCc2cc(-c3ccc(C=C(C#N)C#N)s3)ccc21. The van der Waals surface area contributed by atoms with Gasteiger partial charge in [0.1, 0.15) is 17.7 Å². The number of carbonyl (C=O) groups excluding carboxylic acids is 1. The lowest BCUT2D eigenvalue weighted by Crippen LogP contribution is -2.31. The summed E-state index contributed by atoms with van der Waals surface area (Å²) in [6.45, 7) is 3.86. The number of carbonyl (C=O) groups is 1. The maximum absolute atomic E-state index is 11.7. The molecule has 2 aromatic rings. The first-order chi connectivity index (χ1) is 13.6. The molecule has 5 nitrogen and oxygen atoms in total. The number of benzene rings is 1. The van der Waals surface area contributed by atoms with Gasteiger partial charge in [-0.05, 0) is 61.2 Å². The van der Waals surface area contributed by atoms with Crippen molar-refractivity contribution in [3.05, 3.63) is 46.3 Å². The van der Waals surface area contributed by atoms with Gasteiger partial charge in [-0.1, -0.05) is 6.07 Å². The Morgan fingerprint density at radius 2 is 2.11 bits per heavy atom. The van der Waals surface area contributed by atoms with Gasteiger partial charge in [-0.3, -0.25) is 4.79 Å². The molecule has 0 atom stereocenters. The van der Waals surface area contributed by atoms with E-state index in [1.807, 2.05) is 31.2 Å². The highest BCUT2D eigenvalue weighted by Crippen LogP contribution is 2.35. The molecule has 0 unspecified atom stereocenters. The van der Waals surface area contributed by atoms with Crippen LogP contribution >= 0.6 is 11.3 Å². The molecule has 0 saturated heterocycles. The average molecular weight is 391 g/mol. The van der Waals surface area contributed by atoms with Crippen molar-refractivity contribution in [1.29, 1.82) is 10.5 Å². The first-order valence-corrected chi connectivity index (χ1v) is 10.1. The molecule has 0 spiro atoms. The largest absolute Gasteiger partial charge is 0.466 e. The van der Waals surface area contributed by atoms with Crippen LogP contribution in [0.3, 0.4) is 0 Å². The van der Waals surface area contributed by atoms with E-state index in [9.17, 15) is 4.79 Å². The van der Waals surface area contributed by atoms with Gasteiger partial charge in [0, 0.05) is 28.5 Å². The van der Waals surface area contributed by atoms with Crippen molar-refractivity contribution in [2.75, 3.05) is 24.6 Å². The first-order valence-electron chi connectivity index (χ1n) is 9.30. The zero-order chi connectivity index (χ0) is 19.9. The Bertz CT molecular complexity index is 962. The molecule has 6 heteroatoms. The van der Waals surface area contributed by atoms with Crippen molar-refractivity contribution in [3.8, 4) is 22.6 Å². The minimum atomic E-state index is -0.153. The molecule has 3 rings (SSSR count). The van der Waals surface area contributed by atoms with Gasteiger partial charge in [0.15, 0.2) is 0 Å². The van der Waals surface area contributed by atoms with Crippen molar-refractivity contribution in [1.82, 2.24) is 0 Å². The fourth-order valence-corrected chi connectivity index (χ4v) is 4.29. The van der Waals surface area contributed by atoms with Crippen molar-refractivity contribution < 1.29 is 9.53 Å². The molecule has 1 aromatic heterocycles. The smallest absolute Gasteiger partial charge is 0.307 e. The van der Waals surface area contributed by atoms with Crippen LogP contribution in [0.2, 0.25) is 0 Å². The summed E-state index contributed by atoms with van der Waals surface area (Å²) in [5, 5.41) is 17.8. The molecule has 0 radical (unpaired) electrons. The van der Waals surface area contributed by atoms with Crippen molar-refractivity contribution in [2.45, 2.75) is 26.2 Å². The fourth-order valence-electron chi connectivity index (χ4n) is 3.34. The maximum atomic E-state index is 11.7. The van der Waals surface area contributed by atoms with E-state index in [0.717, 1.165) is 34.7 Å². The van der Waals surface area contributed by atoms with Gasteiger partial charge in [-0.25, -0.2) is 0 Å². The van der Waals surface area contributed by atoms with Crippen LogP contribution in [0, 0.1) is 22.7 Å². The van der Waals surface area contributed by atoms with Gasteiger partial charge in [-0.2, -0.15) is 10.5 Å². The monoisotopic (exact) mass is 391 g/mol. The lowest BCUT2D eigenvalue weighted by atomic mass is 9.98. The van der Waals surface area contributed by atoms with Gasteiger partial charge >= 0.3 is 5.97 Å². The Hall–Kier alpha value is -3.09. The molecule has 28 heavy (non-hydrogen) atoms. The number of aryl methyl sites for hydroxylation is 1. The van der Waals surface area contributed by atoms with E-state index >= 15 is 0 Å². The Kier molecular flexibility index (Phi) is 6.47. The number of anilines is 1. The van der Waals surface area contributed by atoms with Crippen molar-refractivity contribution >= 4 is 29.1 Å². The molecule has 0 saturated carbocycles. The first kappa shape index (κ1) is 19.7. The third-order valence-corrected chi connectivity index (χ3v) is 5.71. The third kappa shape index (κ3) is 4.60. The molecule has 1 aromatic carbocycles. The number of nitrogens with zero attached hydrogens (tertiary/aromatic N) is 3. The summed E-state index contributed by atoms with van der Waals surface area (Å²) in [4.78, 5) is 15.9. The molecule has 142 valence electrons. The third-order valence-electron chi connectivity index (χ3n) is 4.62. The number of nitriles is 2. The van der Waals surface area contributed by atoms with Gasteiger partial charge in [0.05, 0.1) is 13.0 Å². The zero-order valence-corrected chi connectivity index (χ0v) is 16.6. The van der Waals surface area contributed by atoms with E-state index in [1.54, 1.807) is 17.4 Å². The van der Waals surface area contributed by atoms with E-state index in [2.05, 4.69) is 23.1 Å². The van der Waals surface area contributed by atoms with Crippen molar-refractivity contribution in [3.63, 3.8) is 0 Å². The van der Waals surface area contributed by atoms with Crippen LogP contribution in [0.15, 0.2) is 35.9 Å². The Balaban J connectivity index is 1.78. The highest BCUT2D eigenvalue weighted by Gasteiger charge is 2.18. The standard InChI is InChI=1S/C22H21N3O2S/c1-2-27-22(26)9-11-25-10-3-4-17-13-18(5-7-20(17)25)21-8-6-19(28-21)12-16(14-23)15-24/h5-8,12-13H,2-4,9-11H2,1H3. The zero-order valence-electron chi connectivity index (χ0n) is 15.8. The summed E-state index contributed by atoms with van der Waals surface area (Å²) in [5.41, 5.74) is 3.71. The topological polar surface area (TPSA) is 77.1 Å². The number of ether oxygens (including phenoxy) is 1. The van der Waals surface area contributed by atoms with E-state index in [-0.39, 0.29) is 11.5 Å². The average Bonchev–Trinajstić information content (AvgIpc) is 3.18. The van der Waals surface area contributed by atoms with Crippen LogP contribution in [0.4, 0.5) is 5.69 Å². The van der Waals surface area contributed by atoms with Crippen LogP contribution in [0.5, 0.6) is 0 Å². The number of allylic oxidation sites excluding steroid dienone is 1. The maximum Gasteiger partial charge on any atom is 0.307 e. The lowest BCUT2D eigenvalue weighted by molar-refractivity contribution is -0.142. The second kappa shape index (κ2) is 9.21. The number of fused-ring (bicyclic) bond motifs is 1. The van der Waals surface area contributed by atoms with E-state index in [0.29, 0.717) is 19.6 Å². The van der Waals surface area contributed by atoms with Crippen LogP contribution in [-0.4, -0.2) is 25.7 Å². The number of hydrogen-bond acceptors (Lipinski definition) is 6. The summed E-state index contributed by atoms with van der Waals surface area (Å²) in [5.74, 6) is -0.153. The summed E-state index contributed by atoms with van der Waals surface area (Å²) in [6.07, 6.45) is 4.09. The molecular weight excluding hydrogens is 370 g/mol. The highest BCUT2D eigenvalue weighted by atomic mass is 32.1. The summed E-state index contributed by atoms with van der Waals surface area (Å²) < 4.78 is 5.03. The summed E-state index contributed by atoms with van der Waals surface area (Å²) >= 11 is 1.56. The van der Waals surface area contributed by atoms with Crippen LogP contribution in [0.25, 0.3) is 16.5 Å². The molecule has 1 aliphatic rings. The quantitative estimate of drug-likeness (QED) is 0.533. The second-order valence-corrected chi connectivity index (χ2v) is 7.59. The second-order valence-electron chi connectivity index (χ2n) is 6.47. The normalized spacial score (nSPS) is 12.5. The highest BCUT2D eigenvalue weighted by molar-refractivity contribution is 7.16. The van der Waals surface area contributed by atoms with E-state index < -0.39 is 0 Å². The molecule has 1 aliphatic heterocycles. The molecule has 0 amide bonds. The molecule has 0 bridgehead atoms. The van der Waals surface area contributed by atoms with Gasteiger partial charge < -0.3 is 9.64 Å². The van der Waals surface area contributed by atoms with Crippen LogP contribution in [-0.2, 0) is 16.0 Å². The van der Waals surface area contributed by atoms with Gasteiger partial charge in [0.2, 0.25) is 0 Å². The number of thiophene rings is 1. The molecular formula is C22H21N3O2S. The van der Waals surface area contributed by atoms with E-state index in [1.165, 1.54) is 11.3 Å². The predicted molar refractivity (Wildman–Crippen MR) is 111 cm³/mol. The Labute approximate surface area is 169 Å². The number of hydrogen-bond donors (Lipinski definition) is 0. The van der Waals surface area contributed by atoms with Crippen molar-refractivity contribution in [2.24, 2.45) is 0 Å². The minimum absolute atomic E-state index is 0.107. The lowest BCUT2D eigenvalue weighted by Gasteiger charge is -2.31. The molecule has 0 fully saturated rings. The Morgan fingerprint density at radius 1 is 1.29 bits per heavy atom.